The van der Waals surface area contributed by atoms with Crippen LogP contribution in [-0.4, -0.2) is 30.0 Å². The van der Waals surface area contributed by atoms with E-state index in [0.29, 0.717) is 0 Å². The summed E-state index contributed by atoms with van der Waals surface area (Å²) in [5.74, 6) is 1.27. The largest absolute Gasteiger partial charge is 0.467 e. The minimum absolute atomic E-state index is 0.0746. The molecule has 0 saturated carbocycles. The zero-order chi connectivity index (χ0) is 12.7. The molecule has 0 fully saturated rings. The van der Waals surface area contributed by atoms with E-state index in [0.717, 1.165) is 0 Å². The van der Waals surface area contributed by atoms with E-state index in [2.05, 4.69) is 21.0 Å². The van der Waals surface area contributed by atoms with Gasteiger partial charge in [0.05, 0.1) is 7.11 Å². The Morgan fingerprint density at radius 3 is 2.88 bits per heavy atom. The quantitative estimate of drug-likeness (QED) is 0.601. The lowest BCUT2D eigenvalue weighted by molar-refractivity contribution is -0.142. The average Bonchev–Trinajstić information content (AvgIpc) is 2.38. The molecule has 1 aromatic rings. The van der Waals surface area contributed by atoms with E-state index in [1.807, 2.05) is 0 Å². The number of rotatable bonds is 4. The number of hydrogen-bond donors (Lipinski definition) is 1. The van der Waals surface area contributed by atoms with Gasteiger partial charge in [0.25, 0.3) is 5.91 Å². The van der Waals surface area contributed by atoms with E-state index in [1.54, 1.807) is 18.2 Å². The van der Waals surface area contributed by atoms with Gasteiger partial charge in [0.1, 0.15) is 11.7 Å². The highest BCUT2D eigenvalue weighted by atomic mass is 16.5. The maximum atomic E-state index is 11.7. The first-order valence-electron chi connectivity index (χ1n) is 4.92. The Kier molecular flexibility index (Phi) is 4.70. The molecule has 1 rings (SSSR count). The van der Waals surface area contributed by atoms with Crippen molar-refractivity contribution in [3.8, 4) is 12.3 Å². The Hall–Kier alpha value is -2.35. The number of carbonyl (C=O) groups is 2. The van der Waals surface area contributed by atoms with Gasteiger partial charge in [-0.1, -0.05) is 6.07 Å². The van der Waals surface area contributed by atoms with Crippen molar-refractivity contribution in [2.24, 2.45) is 0 Å². The molecule has 1 N–H and O–H groups in total. The molecule has 0 aliphatic heterocycles. The van der Waals surface area contributed by atoms with E-state index in [9.17, 15) is 9.59 Å². The van der Waals surface area contributed by atoms with Crippen molar-refractivity contribution in [2.75, 3.05) is 7.11 Å². The normalized spacial score (nSPS) is 11.1. The SMILES string of the molecule is C#CC[C@H](NC(=O)c1ccccn1)C(=O)OC. The van der Waals surface area contributed by atoms with Gasteiger partial charge in [0.15, 0.2) is 0 Å². The molecule has 17 heavy (non-hydrogen) atoms. The predicted molar refractivity (Wildman–Crippen MR) is 61.0 cm³/mol. The zero-order valence-corrected chi connectivity index (χ0v) is 9.34. The second-order valence-corrected chi connectivity index (χ2v) is 3.17. The highest BCUT2D eigenvalue weighted by molar-refractivity contribution is 5.95. The first kappa shape index (κ1) is 12.7. The Morgan fingerprint density at radius 1 is 1.59 bits per heavy atom. The molecule has 0 unspecified atom stereocenters. The lowest BCUT2D eigenvalue weighted by Crippen LogP contribution is -2.41. The summed E-state index contributed by atoms with van der Waals surface area (Å²) in [6.45, 7) is 0. The highest BCUT2D eigenvalue weighted by Gasteiger charge is 2.21. The van der Waals surface area contributed by atoms with Crippen molar-refractivity contribution in [2.45, 2.75) is 12.5 Å². The third-order valence-corrected chi connectivity index (χ3v) is 2.01. The number of amides is 1. The van der Waals surface area contributed by atoms with Gasteiger partial charge in [-0.3, -0.25) is 9.78 Å². The monoisotopic (exact) mass is 232 g/mol. The zero-order valence-electron chi connectivity index (χ0n) is 9.34. The molecule has 1 amide bonds. The number of hydrogen-bond acceptors (Lipinski definition) is 4. The number of ether oxygens (including phenoxy) is 1. The van der Waals surface area contributed by atoms with Gasteiger partial charge < -0.3 is 10.1 Å². The minimum atomic E-state index is -0.848. The van der Waals surface area contributed by atoms with E-state index in [4.69, 9.17) is 6.42 Å². The van der Waals surface area contributed by atoms with Crippen LogP contribution < -0.4 is 5.32 Å². The molecule has 1 atom stereocenters. The van der Waals surface area contributed by atoms with Gasteiger partial charge in [0, 0.05) is 12.6 Å². The topological polar surface area (TPSA) is 68.3 Å². The second kappa shape index (κ2) is 6.28. The van der Waals surface area contributed by atoms with Crippen LogP contribution in [0, 0.1) is 12.3 Å². The van der Waals surface area contributed by atoms with Crippen molar-refractivity contribution in [3.05, 3.63) is 30.1 Å². The van der Waals surface area contributed by atoms with Gasteiger partial charge in [-0.05, 0) is 12.1 Å². The number of terminal acetylenes is 1. The third kappa shape index (κ3) is 3.61. The van der Waals surface area contributed by atoms with Crippen molar-refractivity contribution in [1.82, 2.24) is 10.3 Å². The summed E-state index contributed by atoms with van der Waals surface area (Å²) in [4.78, 5) is 26.9. The smallest absolute Gasteiger partial charge is 0.329 e. The standard InChI is InChI=1S/C12H12N2O3/c1-3-6-10(12(16)17-2)14-11(15)9-7-4-5-8-13-9/h1,4-5,7-8,10H,6H2,2H3,(H,14,15)/t10-/m0/s1. The summed E-state index contributed by atoms with van der Waals surface area (Å²) in [5.41, 5.74) is 0.221. The lowest BCUT2D eigenvalue weighted by Gasteiger charge is -2.13. The summed E-state index contributed by atoms with van der Waals surface area (Å²) < 4.78 is 4.53. The molecule has 0 spiro atoms. The Labute approximate surface area is 99.2 Å². The molecular weight excluding hydrogens is 220 g/mol. The first-order valence-corrected chi connectivity index (χ1v) is 4.92. The van der Waals surface area contributed by atoms with Crippen LogP contribution in [0.1, 0.15) is 16.9 Å². The van der Waals surface area contributed by atoms with Gasteiger partial charge in [-0.25, -0.2) is 4.79 Å². The van der Waals surface area contributed by atoms with E-state index in [-0.39, 0.29) is 12.1 Å². The summed E-state index contributed by atoms with van der Waals surface area (Å²) >= 11 is 0. The number of nitrogens with zero attached hydrogens (tertiary/aromatic N) is 1. The number of carbonyl (C=O) groups excluding carboxylic acids is 2. The van der Waals surface area contributed by atoms with Crippen molar-refractivity contribution >= 4 is 11.9 Å². The summed E-state index contributed by atoms with van der Waals surface area (Å²) in [7, 11) is 1.23. The van der Waals surface area contributed by atoms with Crippen molar-refractivity contribution in [3.63, 3.8) is 0 Å². The van der Waals surface area contributed by atoms with Crippen LogP contribution in [0.2, 0.25) is 0 Å². The van der Waals surface area contributed by atoms with E-state index >= 15 is 0 Å². The molecule has 1 heterocycles. The van der Waals surface area contributed by atoms with Gasteiger partial charge in [0.2, 0.25) is 0 Å². The fourth-order valence-electron chi connectivity index (χ4n) is 1.18. The van der Waals surface area contributed by atoms with Crippen LogP contribution in [0.3, 0.4) is 0 Å². The van der Waals surface area contributed by atoms with Crippen LogP contribution in [0.5, 0.6) is 0 Å². The van der Waals surface area contributed by atoms with Crippen LogP contribution in [0.25, 0.3) is 0 Å². The number of esters is 1. The molecule has 1 aromatic heterocycles. The molecule has 0 saturated heterocycles. The maximum Gasteiger partial charge on any atom is 0.329 e. The Morgan fingerprint density at radius 2 is 2.35 bits per heavy atom. The van der Waals surface area contributed by atoms with Gasteiger partial charge >= 0.3 is 5.97 Å². The Bertz CT molecular complexity index is 437. The molecule has 0 aromatic carbocycles. The van der Waals surface area contributed by atoms with Crippen LogP contribution >= 0.6 is 0 Å². The average molecular weight is 232 g/mol. The van der Waals surface area contributed by atoms with Gasteiger partial charge in [-0.2, -0.15) is 0 Å². The predicted octanol–water partition coefficient (Wildman–Crippen LogP) is 0.376. The molecule has 5 nitrogen and oxygen atoms in total. The summed E-state index contributed by atoms with van der Waals surface area (Å²) in [5, 5.41) is 2.47. The van der Waals surface area contributed by atoms with E-state index in [1.165, 1.54) is 13.3 Å². The first-order chi connectivity index (χ1) is 8.19. The summed E-state index contributed by atoms with van der Waals surface area (Å²) in [6.07, 6.45) is 6.68. The Balaban J connectivity index is 2.72. The molecule has 0 aliphatic carbocycles. The lowest BCUT2D eigenvalue weighted by atomic mass is 10.2. The van der Waals surface area contributed by atoms with E-state index < -0.39 is 17.9 Å². The van der Waals surface area contributed by atoms with Crippen LogP contribution in [0.15, 0.2) is 24.4 Å². The summed E-state index contributed by atoms with van der Waals surface area (Å²) in [6, 6.07) is 4.06. The second-order valence-electron chi connectivity index (χ2n) is 3.17. The van der Waals surface area contributed by atoms with Crippen LogP contribution in [-0.2, 0) is 9.53 Å². The third-order valence-electron chi connectivity index (χ3n) is 2.01. The maximum absolute atomic E-state index is 11.7. The van der Waals surface area contributed by atoms with Crippen molar-refractivity contribution < 1.29 is 14.3 Å². The number of aromatic nitrogens is 1. The highest BCUT2D eigenvalue weighted by Crippen LogP contribution is 1.98. The molecule has 0 bridgehead atoms. The fraction of sp³-hybridized carbons (Fsp3) is 0.250. The fourth-order valence-corrected chi connectivity index (χ4v) is 1.18. The molecule has 0 radical (unpaired) electrons. The molecule has 0 aliphatic rings. The number of nitrogens with one attached hydrogen (secondary N) is 1. The van der Waals surface area contributed by atoms with Crippen molar-refractivity contribution in [1.29, 1.82) is 0 Å². The molecule has 88 valence electrons. The molecule has 5 heteroatoms. The molecular formula is C12H12N2O3. The van der Waals surface area contributed by atoms with Gasteiger partial charge in [-0.15, -0.1) is 12.3 Å². The minimum Gasteiger partial charge on any atom is -0.467 e. The number of methoxy groups -OCH3 is 1. The van der Waals surface area contributed by atoms with Crippen LogP contribution in [0.4, 0.5) is 0 Å². The number of pyridine rings is 1.